The quantitative estimate of drug-likeness (QED) is 0.844. The first-order valence-electron chi connectivity index (χ1n) is 9.40. The molecule has 1 saturated heterocycles. The van der Waals surface area contributed by atoms with Gasteiger partial charge in [-0.15, -0.1) is 0 Å². The van der Waals surface area contributed by atoms with Crippen molar-refractivity contribution in [2.24, 2.45) is 0 Å². The summed E-state index contributed by atoms with van der Waals surface area (Å²) in [7, 11) is 0. The minimum atomic E-state index is -1.03. The van der Waals surface area contributed by atoms with Crippen LogP contribution in [0.3, 0.4) is 0 Å². The van der Waals surface area contributed by atoms with E-state index in [1.165, 1.54) is 5.56 Å². The second-order valence-electron chi connectivity index (χ2n) is 7.12. The smallest absolute Gasteiger partial charge is 0.404 e. The number of hydrogen-bond acceptors (Lipinski definition) is 5. The van der Waals surface area contributed by atoms with Crippen LogP contribution in [0, 0.1) is 0 Å². The lowest BCUT2D eigenvalue weighted by Crippen LogP contribution is -2.37. The fraction of sp³-hybridized carbons (Fsp3) is 0.450. The molecule has 2 aliphatic rings. The van der Waals surface area contributed by atoms with Crippen molar-refractivity contribution in [1.29, 1.82) is 0 Å². The lowest BCUT2D eigenvalue weighted by molar-refractivity contribution is 0.122. The molecule has 2 fully saturated rings. The first-order valence-corrected chi connectivity index (χ1v) is 9.40. The Kier molecular flexibility index (Phi) is 5.20. The van der Waals surface area contributed by atoms with Crippen LogP contribution in [0.4, 0.5) is 10.6 Å². The van der Waals surface area contributed by atoms with E-state index in [2.05, 4.69) is 33.4 Å². The van der Waals surface area contributed by atoms with E-state index in [0.29, 0.717) is 11.8 Å². The number of aromatic nitrogens is 2. The topological polar surface area (TPSA) is 87.6 Å². The predicted octanol–water partition coefficient (Wildman–Crippen LogP) is 2.74. The lowest BCUT2D eigenvalue weighted by atomic mass is 9.70. The number of rotatable bonds is 5. The van der Waals surface area contributed by atoms with Crippen molar-refractivity contribution >= 4 is 11.9 Å². The summed E-state index contributed by atoms with van der Waals surface area (Å²) in [4.78, 5) is 22.1. The maximum absolute atomic E-state index is 10.6. The van der Waals surface area contributed by atoms with E-state index in [1.807, 2.05) is 12.1 Å². The molecule has 27 heavy (non-hydrogen) atoms. The van der Waals surface area contributed by atoms with Crippen molar-refractivity contribution in [3.63, 3.8) is 0 Å². The highest BCUT2D eigenvalue weighted by molar-refractivity contribution is 5.64. The van der Waals surface area contributed by atoms with Gasteiger partial charge in [0.2, 0.25) is 0 Å². The minimum Gasteiger partial charge on any atom is -0.465 e. The fourth-order valence-corrected chi connectivity index (χ4v) is 3.78. The van der Waals surface area contributed by atoms with Crippen molar-refractivity contribution < 1.29 is 14.6 Å². The van der Waals surface area contributed by atoms with Crippen molar-refractivity contribution in [2.75, 3.05) is 31.2 Å². The number of amides is 1. The van der Waals surface area contributed by atoms with E-state index >= 15 is 0 Å². The molecule has 0 bridgehead atoms. The molecule has 2 aromatic rings. The summed E-state index contributed by atoms with van der Waals surface area (Å²) in [5.41, 5.74) is 3.15. The molecule has 0 aromatic carbocycles. The van der Waals surface area contributed by atoms with E-state index in [9.17, 15) is 4.79 Å². The number of pyridine rings is 2. The van der Waals surface area contributed by atoms with Crippen LogP contribution >= 0.6 is 0 Å². The Morgan fingerprint density at radius 2 is 2.04 bits per heavy atom. The summed E-state index contributed by atoms with van der Waals surface area (Å²) in [5, 5.41) is 11.1. The van der Waals surface area contributed by atoms with Gasteiger partial charge in [0.1, 0.15) is 5.82 Å². The van der Waals surface area contributed by atoms with Crippen LogP contribution in [0.15, 0.2) is 36.5 Å². The molecule has 1 saturated carbocycles. The third-order valence-electron chi connectivity index (χ3n) is 5.38. The van der Waals surface area contributed by atoms with Crippen molar-refractivity contribution in [1.82, 2.24) is 15.3 Å². The number of carboxylic acid groups (broad SMARTS) is 1. The van der Waals surface area contributed by atoms with Gasteiger partial charge >= 0.3 is 6.09 Å². The zero-order valence-electron chi connectivity index (χ0n) is 15.2. The molecule has 2 N–H and O–H groups in total. The highest BCUT2D eigenvalue weighted by Gasteiger charge is 2.32. The Balaban J connectivity index is 1.38. The Morgan fingerprint density at radius 1 is 1.22 bits per heavy atom. The molecule has 0 spiro atoms. The average molecular weight is 368 g/mol. The zero-order valence-corrected chi connectivity index (χ0v) is 15.2. The summed E-state index contributed by atoms with van der Waals surface area (Å²) in [6.07, 6.45) is 2.86. The first-order chi connectivity index (χ1) is 13.2. The highest BCUT2D eigenvalue weighted by Crippen LogP contribution is 2.47. The van der Waals surface area contributed by atoms with E-state index in [0.717, 1.165) is 56.4 Å². The molecule has 0 radical (unpaired) electrons. The zero-order chi connectivity index (χ0) is 18.6. The maximum atomic E-state index is 10.6. The second kappa shape index (κ2) is 7.92. The first kappa shape index (κ1) is 17.7. The Morgan fingerprint density at radius 3 is 2.81 bits per heavy atom. The molecule has 3 heterocycles. The van der Waals surface area contributed by atoms with E-state index in [-0.39, 0.29) is 6.54 Å². The largest absolute Gasteiger partial charge is 0.465 e. The molecule has 4 rings (SSSR count). The van der Waals surface area contributed by atoms with Gasteiger partial charge in [-0.2, -0.15) is 0 Å². The van der Waals surface area contributed by atoms with Gasteiger partial charge in [-0.05, 0) is 48.6 Å². The van der Waals surface area contributed by atoms with Crippen LogP contribution in [0.25, 0.3) is 0 Å². The number of nitrogens with zero attached hydrogens (tertiary/aromatic N) is 3. The molecule has 0 unspecified atom stereocenters. The van der Waals surface area contributed by atoms with E-state index < -0.39 is 6.09 Å². The van der Waals surface area contributed by atoms with Crippen LogP contribution in [-0.2, 0) is 11.3 Å². The Labute approximate surface area is 158 Å². The summed E-state index contributed by atoms with van der Waals surface area (Å²) >= 11 is 0. The highest BCUT2D eigenvalue weighted by atomic mass is 16.5. The number of nitrogens with one attached hydrogen (secondary N) is 1. The number of morpholine rings is 1. The second-order valence-corrected chi connectivity index (χ2v) is 7.12. The van der Waals surface area contributed by atoms with Crippen LogP contribution in [0.1, 0.15) is 41.6 Å². The average Bonchev–Trinajstić information content (AvgIpc) is 2.67. The summed E-state index contributed by atoms with van der Waals surface area (Å²) in [5.74, 6) is 2.00. The van der Waals surface area contributed by atoms with E-state index in [1.54, 1.807) is 6.20 Å². The van der Waals surface area contributed by atoms with Crippen molar-refractivity contribution in [3.05, 3.63) is 53.5 Å². The van der Waals surface area contributed by atoms with Gasteiger partial charge in [0.25, 0.3) is 0 Å². The summed E-state index contributed by atoms with van der Waals surface area (Å²) in [6, 6.07) is 10.3. The molecular formula is C20H24N4O3. The molecule has 2 aromatic heterocycles. The number of ether oxygens (including phenoxy) is 1. The Bertz CT molecular complexity index is 801. The van der Waals surface area contributed by atoms with Crippen molar-refractivity contribution in [2.45, 2.75) is 31.2 Å². The standard InChI is InChI=1S/C20H24N4O3/c25-20(26)22-13-17-12-14(4-5-21-17)15-10-16(11-15)18-2-1-3-19(23-18)24-6-8-27-9-7-24/h1-5,12,15-16,22H,6-11,13H2,(H,25,26). The SMILES string of the molecule is O=C(O)NCc1cc(C2CC(c3cccc(N4CCOCC4)n3)C2)ccn1. The minimum absolute atomic E-state index is 0.239. The molecule has 1 amide bonds. The third kappa shape index (κ3) is 4.19. The molecule has 0 atom stereocenters. The molecule has 1 aliphatic carbocycles. The molecular weight excluding hydrogens is 344 g/mol. The monoisotopic (exact) mass is 368 g/mol. The third-order valence-corrected chi connectivity index (χ3v) is 5.38. The fourth-order valence-electron chi connectivity index (χ4n) is 3.78. The maximum Gasteiger partial charge on any atom is 0.404 e. The van der Waals surface area contributed by atoms with Gasteiger partial charge < -0.3 is 20.1 Å². The number of anilines is 1. The van der Waals surface area contributed by atoms with Gasteiger partial charge in [-0.25, -0.2) is 9.78 Å². The van der Waals surface area contributed by atoms with Crippen LogP contribution in [-0.4, -0.2) is 47.5 Å². The van der Waals surface area contributed by atoms with Crippen LogP contribution in [0.2, 0.25) is 0 Å². The summed E-state index contributed by atoms with van der Waals surface area (Å²) < 4.78 is 5.42. The Hall–Kier alpha value is -2.67. The van der Waals surface area contributed by atoms with Gasteiger partial charge in [-0.1, -0.05) is 6.07 Å². The predicted molar refractivity (Wildman–Crippen MR) is 101 cm³/mol. The normalized spacial score (nSPS) is 22.1. The van der Waals surface area contributed by atoms with E-state index in [4.69, 9.17) is 14.8 Å². The van der Waals surface area contributed by atoms with Gasteiger partial charge in [0.15, 0.2) is 0 Å². The van der Waals surface area contributed by atoms with Gasteiger partial charge in [0.05, 0.1) is 25.5 Å². The van der Waals surface area contributed by atoms with Crippen LogP contribution < -0.4 is 10.2 Å². The number of hydrogen-bond donors (Lipinski definition) is 2. The van der Waals surface area contributed by atoms with Crippen LogP contribution in [0.5, 0.6) is 0 Å². The van der Waals surface area contributed by atoms with Crippen molar-refractivity contribution in [3.8, 4) is 0 Å². The van der Waals surface area contributed by atoms with Gasteiger partial charge in [-0.3, -0.25) is 4.98 Å². The molecule has 7 nitrogen and oxygen atoms in total. The van der Waals surface area contributed by atoms with Gasteiger partial charge in [0, 0.05) is 30.9 Å². The molecule has 142 valence electrons. The molecule has 7 heteroatoms. The summed E-state index contributed by atoms with van der Waals surface area (Å²) in [6.45, 7) is 3.56. The lowest BCUT2D eigenvalue weighted by Gasteiger charge is -2.36. The number of carbonyl (C=O) groups is 1. The molecule has 1 aliphatic heterocycles.